The number of hydrogen-bond acceptors (Lipinski definition) is 4. The van der Waals surface area contributed by atoms with Crippen LogP contribution in [0.3, 0.4) is 0 Å². The van der Waals surface area contributed by atoms with Crippen LogP contribution in [0.5, 0.6) is 11.5 Å². The van der Waals surface area contributed by atoms with Crippen LogP contribution in [-0.2, 0) is 13.2 Å². The Kier molecular flexibility index (Phi) is 6.72. The molecular weight excluding hydrogens is 360 g/mol. The monoisotopic (exact) mass is 380 g/mol. The Bertz CT molecular complexity index is 881. The van der Waals surface area contributed by atoms with Crippen molar-refractivity contribution in [3.8, 4) is 11.5 Å². The molecule has 0 spiro atoms. The van der Waals surface area contributed by atoms with Crippen LogP contribution in [0, 0.1) is 0 Å². The second kappa shape index (κ2) is 9.64. The molecule has 0 aliphatic carbocycles. The number of rotatable bonds is 8. The average Bonchev–Trinajstić information content (AvgIpc) is 2.72. The van der Waals surface area contributed by atoms with E-state index >= 15 is 0 Å². The Morgan fingerprint density at radius 2 is 1.70 bits per heavy atom. The quantitative estimate of drug-likeness (QED) is 0.439. The Hall–Kier alpha value is -2.98. The van der Waals surface area contributed by atoms with Gasteiger partial charge in [0, 0.05) is 5.02 Å². The standard InChI is InChI=1S/C22H21ClN2O2/c1-26-22-13-19(15-25-24-14-17-7-10-20(23)11-8-17)9-12-21(22)27-16-18-5-3-2-4-6-18/h2-13,15,24H,14,16H2,1H3/b25-15-. The number of nitrogens with one attached hydrogen (secondary N) is 1. The maximum atomic E-state index is 5.88. The van der Waals surface area contributed by atoms with Crippen molar-refractivity contribution in [2.75, 3.05) is 7.11 Å². The molecule has 0 saturated carbocycles. The molecule has 1 N–H and O–H groups in total. The zero-order valence-electron chi connectivity index (χ0n) is 15.1. The lowest BCUT2D eigenvalue weighted by Crippen LogP contribution is -2.05. The van der Waals surface area contributed by atoms with E-state index in [4.69, 9.17) is 21.1 Å². The lowest BCUT2D eigenvalue weighted by Gasteiger charge is -2.11. The van der Waals surface area contributed by atoms with Gasteiger partial charge in [0.15, 0.2) is 11.5 Å². The molecule has 4 nitrogen and oxygen atoms in total. The SMILES string of the molecule is COc1cc(/C=N\NCc2ccc(Cl)cc2)ccc1OCc1ccccc1. The van der Waals surface area contributed by atoms with Gasteiger partial charge in [-0.25, -0.2) is 0 Å². The summed E-state index contributed by atoms with van der Waals surface area (Å²) in [7, 11) is 1.63. The Morgan fingerprint density at radius 1 is 0.926 bits per heavy atom. The van der Waals surface area contributed by atoms with Gasteiger partial charge in [-0.3, -0.25) is 0 Å². The second-order valence-corrected chi connectivity index (χ2v) is 6.34. The van der Waals surface area contributed by atoms with E-state index in [1.165, 1.54) is 0 Å². The predicted octanol–water partition coefficient (Wildman–Crippen LogP) is 5.05. The van der Waals surface area contributed by atoms with E-state index in [1.54, 1.807) is 13.3 Å². The number of nitrogens with zero attached hydrogens (tertiary/aromatic N) is 1. The van der Waals surface area contributed by atoms with Gasteiger partial charge in [0.2, 0.25) is 0 Å². The van der Waals surface area contributed by atoms with E-state index in [2.05, 4.69) is 10.5 Å². The van der Waals surface area contributed by atoms with E-state index in [9.17, 15) is 0 Å². The molecule has 138 valence electrons. The Morgan fingerprint density at radius 3 is 2.44 bits per heavy atom. The van der Waals surface area contributed by atoms with Gasteiger partial charge in [0.1, 0.15) is 6.61 Å². The van der Waals surface area contributed by atoms with E-state index in [-0.39, 0.29) is 0 Å². The molecule has 0 radical (unpaired) electrons. The molecule has 0 aliphatic rings. The third kappa shape index (κ3) is 5.76. The summed E-state index contributed by atoms with van der Waals surface area (Å²) in [6.07, 6.45) is 1.75. The van der Waals surface area contributed by atoms with Crippen molar-refractivity contribution in [2.24, 2.45) is 5.10 Å². The first-order chi connectivity index (χ1) is 13.2. The van der Waals surface area contributed by atoms with Crippen molar-refractivity contribution >= 4 is 17.8 Å². The van der Waals surface area contributed by atoms with Crippen molar-refractivity contribution in [1.82, 2.24) is 5.43 Å². The minimum Gasteiger partial charge on any atom is -0.493 e. The highest BCUT2D eigenvalue weighted by Crippen LogP contribution is 2.28. The topological polar surface area (TPSA) is 42.8 Å². The molecule has 0 aliphatic heterocycles. The van der Waals surface area contributed by atoms with Gasteiger partial charge >= 0.3 is 0 Å². The summed E-state index contributed by atoms with van der Waals surface area (Å²) in [5.74, 6) is 1.38. The molecule has 0 heterocycles. The lowest BCUT2D eigenvalue weighted by atomic mass is 10.2. The molecule has 3 rings (SSSR count). The average molecular weight is 381 g/mol. The maximum Gasteiger partial charge on any atom is 0.161 e. The minimum absolute atomic E-state index is 0.493. The molecule has 0 saturated heterocycles. The van der Waals surface area contributed by atoms with E-state index in [0.717, 1.165) is 21.7 Å². The minimum atomic E-state index is 0.493. The number of halogens is 1. The lowest BCUT2D eigenvalue weighted by molar-refractivity contribution is 0.284. The van der Waals surface area contributed by atoms with Crippen molar-refractivity contribution in [1.29, 1.82) is 0 Å². The first-order valence-corrected chi connectivity index (χ1v) is 8.97. The molecule has 5 heteroatoms. The molecule has 0 amide bonds. The molecule has 0 bridgehead atoms. The van der Waals surface area contributed by atoms with Crippen molar-refractivity contribution in [2.45, 2.75) is 13.2 Å². The first kappa shape index (κ1) is 18.8. The van der Waals surface area contributed by atoms with Crippen molar-refractivity contribution in [3.63, 3.8) is 0 Å². The predicted molar refractivity (Wildman–Crippen MR) is 110 cm³/mol. The number of methoxy groups -OCH3 is 1. The smallest absolute Gasteiger partial charge is 0.161 e. The summed E-state index contributed by atoms with van der Waals surface area (Å²) in [6, 6.07) is 23.4. The van der Waals surface area contributed by atoms with Gasteiger partial charge in [-0.1, -0.05) is 54.1 Å². The van der Waals surface area contributed by atoms with Crippen LogP contribution in [-0.4, -0.2) is 13.3 Å². The van der Waals surface area contributed by atoms with Crippen LogP contribution in [0.15, 0.2) is 77.9 Å². The van der Waals surface area contributed by atoms with E-state index < -0.39 is 0 Å². The maximum absolute atomic E-state index is 5.88. The largest absolute Gasteiger partial charge is 0.493 e. The molecule has 0 unspecified atom stereocenters. The fraction of sp³-hybridized carbons (Fsp3) is 0.136. The van der Waals surface area contributed by atoms with Gasteiger partial charge in [-0.05, 0) is 47.0 Å². The van der Waals surface area contributed by atoms with E-state index in [0.29, 0.717) is 24.7 Å². The number of ether oxygens (including phenoxy) is 2. The molecule has 3 aromatic carbocycles. The summed E-state index contributed by atoms with van der Waals surface area (Å²) in [6.45, 7) is 1.12. The zero-order valence-corrected chi connectivity index (χ0v) is 15.8. The van der Waals surface area contributed by atoms with E-state index in [1.807, 2.05) is 72.8 Å². The molecule has 27 heavy (non-hydrogen) atoms. The molecule has 0 atom stereocenters. The summed E-state index contributed by atoms with van der Waals surface area (Å²) < 4.78 is 11.3. The highest BCUT2D eigenvalue weighted by atomic mass is 35.5. The van der Waals surface area contributed by atoms with Crippen LogP contribution in [0.1, 0.15) is 16.7 Å². The van der Waals surface area contributed by atoms with Gasteiger partial charge in [0.05, 0.1) is 19.9 Å². The highest BCUT2D eigenvalue weighted by molar-refractivity contribution is 6.30. The van der Waals surface area contributed by atoms with Crippen LogP contribution in [0.4, 0.5) is 0 Å². The summed E-state index contributed by atoms with van der Waals surface area (Å²) in [5.41, 5.74) is 6.16. The number of hydrogen-bond donors (Lipinski definition) is 1. The van der Waals surface area contributed by atoms with Gasteiger partial charge in [-0.2, -0.15) is 5.10 Å². The number of hydrazone groups is 1. The fourth-order valence-electron chi connectivity index (χ4n) is 2.48. The van der Waals surface area contributed by atoms with Crippen LogP contribution in [0.2, 0.25) is 5.02 Å². The van der Waals surface area contributed by atoms with Gasteiger partial charge in [0.25, 0.3) is 0 Å². The Labute approximate surface area is 164 Å². The summed E-state index contributed by atoms with van der Waals surface area (Å²) in [5, 5.41) is 4.98. The molecule has 0 aromatic heterocycles. The zero-order chi connectivity index (χ0) is 18.9. The molecular formula is C22H21ClN2O2. The van der Waals surface area contributed by atoms with Crippen molar-refractivity contribution in [3.05, 3.63) is 94.5 Å². The first-order valence-electron chi connectivity index (χ1n) is 8.60. The fourth-order valence-corrected chi connectivity index (χ4v) is 2.60. The van der Waals surface area contributed by atoms with Gasteiger partial charge in [-0.15, -0.1) is 0 Å². The third-order valence-electron chi connectivity index (χ3n) is 3.93. The summed E-state index contributed by atoms with van der Waals surface area (Å²) in [4.78, 5) is 0. The number of benzene rings is 3. The second-order valence-electron chi connectivity index (χ2n) is 5.90. The Balaban J connectivity index is 1.57. The van der Waals surface area contributed by atoms with Gasteiger partial charge < -0.3 is 14.9 Å². The third-order valence-corrected chi connectivity index (χ3v) is 4.18. The van der Waals surface area contributed by atoms with Crippen LogP contribution < -0.4 is 14.9 Å². The van der Waals surface area contributed by atoms with Crippen molar-refractivity contribution < 1.29 is 9.47 Å². The molecule has 0 fully saturated rings. The highest BCUT2D eigenvalue weighted by Gasteiger charge is 2.05. The summed E-state index contributed by atoms with van der Waals surface area (Å²) >= 11 is 5.88. The normalized spacial score (nSPS) is 10.7. The van der Waals surface area contributed by atoms with Crippen LogP contribution in [0.25, 0.3) is 0 Å². The van der Waals surface area contributed by atoms with Crippen LogP contribution >= 0.6 is 11.6 Å². The molecule has 3 aromatic rings.